The van der Waals surface area contributed by atoms with Crippen molar-refractivity contribution < 1.29 is 28.9 Å². The van der Waals surface area contributed by atoms with Crippen molar-refractivity contribution in [2.75, 3.05) is 18.1 Å². The monoisotopic (exact) mass is 598 g/mol. The number of fused-ring (bicyclic) bond motifs is 2. The van der Waals surface area contributed by atoms with Gasteiger partial charge in [0.15, 0.2) is 16.6 Å². The van der Waals surface area contributed by atoms with Crippen LogP contribution >= 0.6 is 11.3 Å². The molecule has 4 aromatic rings. The normalized spacial score (nSPS) is 19.1. The van der Waals surface area contributed by atoms with Gasteiger partial charge < -0.3 is 19.3 Å². The lowest BCUT2D eigenvalue weighted by Crippen LogP contribution is -2.29. The Morgan fingerprint density at radius 1 is 1.07 bits per heavy atom. The summed E-state index contributed by atoms with van der Waals surface area (Å²) in [6.07, 6.45) is 2.61. The van der Waals surface area contributed by atoms with E-state index in [1.165, 1.54) is 16.2 Å². The summed E-state index contributed by atoms with van der Waals surface area (Å²) in [7, 11) is 0. The van der Waals surface area contributed by atoms with E-state index in [0.29, 0.717) is 47.4 Å². The van der Waals surface area contributed by atoms with Crippen LogP contribution in [0.25, 0.3) is 16.0 Å². The Morgan fingerprint density at radius 2 is 1.91 bits per heavy atom. The molecule has 222 valence electrons. The third-order valence-electron chi connectivity index (χ3n) is 7.69. The smallest absolute Gasteiger partial charge is 0.301 e. The highest BCUT2D eigenvalue weighted by atomic mass is 32.1. The minimum Gasteiger partial charge on any atom is -0.507 e. The van der Waals surface area contributed by atoms with E-state index in [1.54, 1.807) is 24.3 Å². The Bertz CT molecular complexity index is 1760. The predicted octanol–water partition coefficient (Wildman–Crippen LogP) is 7.13. The summed E-state index contributed by atoms with van der Waals surface area (Å²) in [6, 6.07) is 15.7. The number of hydrogen-bond acceptors (Lipinski definition) is 8. The van der Waals surface area contributed by atoms with Crippen LogP contribution in [0.1, 0.15) is 61.9 Å². The molecule has 0 bridgehead atoms. The molecule has 1 fully saturated rings. The van der Waals surface area contributed by atoms with Gasteiger partial charge in [-0.25, -0.2) is 4.98 Å². The van der Waals surface area contributed by atoms with Crippen LogP contribution in [0.15, 0.2) is 60.2 Å². The quantitative estimate of drug-likeness (QED) is 0.0947. The van der Waals surface area contributed by atoms with Crippen LogP contribution < -0.4 is 19.1 Å². The number of aliphatic hydroxyl groups excluding tert-OH is 1. The Morgan fingerprint density at radius 3 is 2.70 bits per heavy atom. The van der Waals surface area contributed by atoms with E-state index in [0.717, 1.165) is 39.9 Å². The van der Waals surface area contributed by atoms with E-state index in [1.807, 2.05) is 51.1 Å². The zero-order valence-corrected chi connectivity index (χ0v) is 25.5. The minimum absolute atomic E-state index is 0.00514. The van der Waals surface area contributed by atoms with Crippen LogP contribution in [0, 0.1) is 6.92 Å². The number of amides is 1. The van der Waals surface area contributed by atoms with E-state index in [-0.39, 0.29) is 17.4 Å². The molecule has 2 aliphatic rings. The number of aliphatic hydroxyl groups is 1. The molecule has 3 aromatic carbocycles. The molecule has 1 saturated heterocycles. The topological polar surface area (TPSA) is 98.2 Å². The van der Waals surface area contributed by atoms with E-state index >= 15 is 0 Å². The fourth-order valence-corrected chi connectivity index (χ4v) is 6.69. The lowest BCUT2D eigenvalue weighted by atomic mass is 9.94. The Kier molecular flexibility index (Phi) is 7.83. The molecule has 1 amide bonds. The number of benzene rings is 3. The number of rotatable bonds is 9. The van der Waals surface area contributed by atoms with Crippen molar-refractivity contribution in [3.63, 3.8) is 0 Å². The maximum atomic E-state index is 13.8. The number of unbranched alkanes of at least 4 members (excludes halogenated alkanes) is 1. The largest absolute Gasteiger partial charge is 0.507 e. The van der Waals surface area contributed by atoms with Crippen molar-refractivity contribution in [2.24, 2.45) is 0 Å². The van der Waals surface area contributed by atoms with Gasteiger partial charge in [0.25, 0.3) is 5.78 Å². The van der Waals surface area contributed by atoms with Crippen LogP contribution in [0.3, 0.4) is 0 Å². The summed E-state index contributed by atoms with van der Waals surface area (Å²) < 4.78 is 18.7. The lowest BCUT2D eigenvalue weighted by Gasteiger charge is -2.24. The van der Waals surface area contributed by atoms with Gasteiger partial charge in [-0.05, 0) is 86.3 Å². The van der Waals surface area contributed by atoms with Crippen LogP contribution in [0.4, 0.5) is 5.13 Å². The van der Waals surface area contributed by atoms with Crippen molar-refractivity contribution in [3.05, 3.63) is 82.4 Å². The number of anilines is 1. The molecule has 0 aliphatic carbocycles. The van der Waals surface area contributed by atoms with E-state index in [9.17, 15) is 14.7 Å². The van der Waals surface area contributed by atoms with E-state index in [2.05, 4.69) is 6.92 Å². The highest BCUT2D eigenvalue weighted by Gasteiger charge is 2.48. The van der Waals surface area contributed by atoms with Gasteiger partial charge in [0.05, 0.1) is 35.0 Å². The first-order valence-corrected chi connectivity index (χ1v) is 15.5. The first-order valence-electron chi connectivity index (χ1n) is 14.7. The van der Waals surface area contributed by atoms with Crippen molar-refractivity contribution in [2.45, 2.75) is 59.1 Å². The molecule has 8 nitrogen and oxygen atoms in total. The summed E-state index contributed by atoms with van der Waals surface area (Å²) in [5, 5.41) is 12.1. The minimum atomic E-state index is -0.936. The number of carbonyl (C=O) groups excluding carboxylic acids is 2. The average molecular weight is 599 g/mol. The SMILES string of the molecule is CCCCOc1ccc([C@@H]2C(=C(O)c3ccc4c(c3)C[C@@H](C)O4)C(=O)C(=O)N2c2nc3ccc(C)cc3s2)cc1OCC. The molecule has 9 heteroatoms. The first kappa shape index (κ1) is 28.7. The standard InChI is InChI=1S/C34H34N2O6S/c1-5-7-14-41-26-13-9-21(18-27(26)40-6-2)30-29(31(37)22-10-12-25-23(17-22)16-20(4)42-25)32(38)33(39)36(30)34-35-24-11-8-19(3)15-28(24)43-34/h8-13,15,17-18,20,30,37H,5-7,14,16H2,1-4H3/t20-,30-/m1/s1. The fourth-order valence-electron chi connectivity index (χ4n) is 5.60. The third-order valence-corrected chi connectivity index (χ3v) is 8.71. The summed E-state index contributed by atoms with van der Waals surface area (Å²) in [4.78, 5) is 33.7. The summed E-state index contributed by atoms with van der Waals surface area (Å²) in [5.74, 6) is 0.0766. The van der Waals surface area contributed by atoms with Gasteiger partial charge in [-0.3, -0.25) is 14.5 Å². The van der Waals surface area contributed by atoms with Crippen molar-refractivity contribution in [1.29, 1.82) is 0 Å². The lowest BCUT2D eigenvalue weighted by molar-refractivity contribution is -0.132. The molecule has 6 rings (SSSR count). The zero-order valence-electron chi connectivity index (χ0n) is 24.7. The molecular formula is C34H34N2O6S. The number of aromatic nitrogens is 1. The number of ketones is 1. The van der Waals surface area contributed by atoms with Crippen LogP contribution in [0.2, 0.25) is 0 Å². The Labute approximate surface area is 254 Å². The predicted molar refractivity (Wildman–Crippen MR) is 167 cm³/mol. The zero-order chi connectivity index (χ0) is 30.2. The molecule has 2 atom stereocenters. The van der Waals surface area contributed by atoms with Crippen LogP contribution in [0.5, 0.6) is 17.2 Å². The van der Waals surface area contributed by atoms with Crippen LogP contribution in [-0.4, -0.2) is 41.1 Å². The molecule has 0 unspecified atom stereocenters. The van der Waals surface area contributed by atoms with Gasteiger partial charge >= 0.3 is 5.91 Å². The molecule has 3 heterocycles. The second-order valence-electron chi connectivity index (χ2n) is 10.9. The van der Waals surface area contributed by atoms with Gasteiger partial charge in [0.1, 0.15) is 17.6 Å². The highest BCUT2D eigenvalue weighted by Crippen LogP contribution is 2.46. The number of aryl methyl sites for hydroxylation is 1. The summed E-state index contributed by atoms with van der Waals surface area (Å²) in [6.45, 7) is 8.90. The number of thiazole rings is 1. The second-order valence-corrected chi connectivity index (χ2v) is 11.9. The Hall–Kier alpha value is -4.37. The fraction of sp³-hybridized carbons (Fsp3) is 0.324. The molecular weight excluding hydrogens is 564 g/mol. The molecule has 0 spiro atoms. The van der Waals surface area contributed by atoms with Crippen molar-refractivity contribution in [1.82, 2.24) is 4.98 Å². The molecule has 2 aliphatic heterocycles. The molecule has 43 heavy (non-hydrogen) atoms. The van der Waals surface area contributed by atoms with Gasteiger partial charge in [-0.1, -0.05) is 36.8 Å². The number of hydrogen-bond donors (Lipinski definition) is 1. The van der Waals surface area contributed by atoms with E-state index < -0.39 is 17.7 Å². The highest BCUT2D eigenvalue weighted by molar-refractivity contribution is 7.22. The van der Waals surface area contributed by atoms with Gasteiger partial charge in [0.2, 0.25) is 0 Å². The molecule has 1 aromatic heterocycles. The van der Waals surface area contributed by atoms with Crippen molar-refractivity contribution in [3.8, 4) is 17.2 Å². The van der Waals surface area contributed by atoms with E-state index in [4.69, 9.17) is 19.2 Å². The maximum absolute atomic E-state index is 13.8. The molecule has 0 radical (unpaired) electrons. The number of nitrogens with zero attached hydrogens (tertiary/aromatic N) is 2. The third kappa shape index (κ3) is 5.33. The number of ether oxygens (including phenoxy) is 3. The Balaban J connectivity index is 1.51. The summed E-state index contributed by atoms with van der Waals surface area (Å²) >= 11 is 1.34. The summed E-state index contributed by atoms with van der Waals surface area (Å²) in [5.41, 5.74) is 3.78. The average Bonchev–Trinajstić information content (AvgIpc) is 3.65. The van der Waals surface area contributed by atoms with Gasteiger partial charge in [-0.15, -0.1) is 0 Å². The molecule has 0 saturated carbocycles. The second kappa shape index (κ2) is 11.7. The maximum Gasteiger partial charge on any atom is 0.301 e. The van der Waals surface area contributed by atoms with Crippen LogP contribution in [-0.2, 0) is 16.0 Å². The first-order chi connectivity index (χ1) is 20.8. The number of carbonyl (C=O) groups is 2. The number of Topliss-reactive ketones (excluding diaryl/α,β-unsaturated/α-hetero) is 1. The molecule has 1 N–H and O–H groups in total. The van der Waals surface area contributed by atoms with Gasteiger partial charge in [0, 0.05) is 12.0 Å². The van der Waals surface area contributed by atoms with Gasteiger partial charge in [-0.2, -0.15) is 0 Å². The van der Waals surface area contributed by atoms with Crippen molar-refractivity contribution >= 4 is 44.1 Å².